The monoisotopic (exact) mass is 398 g/mol. The number of rotatable bonds is 3. The van der Waals surface area contributed by atoms with Gasteiger partial charge in [0, 0.05) is 18.5 Å². The molecule has 0 radical (unpaired) electrons. The molecule has 4 rings (SSSR count). The SMILES string of the molecule is Cc1ccc2c(c1)CC(Sc1ccc(/C=C3\SC(=O)N(C(C)C)C3=O)o1)=N2. The van der Waals surface area contributed by atoms with Crippen molar-refractivity contribution in [2.45, 2.75) is 38.3 Å². The number of fused-ring (bicyclic) bond motifs is 1. The molecular formula is C20H18N2O3S2. The van der Waals surface area contributed by atoms with Gasteiger partial charge in [-0.3, -0.25) is 14.5 Å². The minimum Gasteiger partial charge on any atom is -0.450 e. The lowest BCUT2D eigenvalue weighted by atomic mass is 10.1. The molecule has 1 aromatic carbocycles. The van der Waals surface area contributed by atoms with Crippen molar-refractivity contribution < 1.29 is 14.0 Å². The van der Waals surface area contributed by atoms with E-state index >= 15 is 0 Å². The smallest absolute Gasteiger partial charge is 0.293 e. The molecule has 2 aliphatic heterocycles. The maximum atomic E-state index is 12.4. The Morgan fingerprint density at radius 3 is 2.81 bits per heavy atom. The third-order valence-corrected chi connectivity index (χ3v) is 6.03. The molecule has 0 aliphatic carbocycles. The van der Waals surface area contributed by atoms with E-state index < -0.39 is 0 Å². The maximum absolute atomic E-state index is 12.4. The molecule has 0 saturated carbocycles. The molecule has 0 unspecified atom stereocenters. The van der Waals surface area contributed by atoms with Gasteiger partial charge in [0.1, 0.15) is 5.76 Å². The predicted molar refractivity (Wildman–Crippen MR) is 109 cm³/mol. The van der Waals surface area contributed by atoms with Crippen LogP contribution in [0.4, 0.5) is 10.5 Å². The summed E-state index contributed by atoms with van der Waals surface area (Å²) in [6.07, 6.45) is 2.43. The normalized spacial score (nSPS) is 18.0. The van der Waals surface area contributed by atoms with Crippen LogP contribution in [0.15, 0.2) is 49.7 Å². The minimum absolute atomic E-state index is 0.156. The molecule has 7 heteroatoms. The highest BCUT2D eigenvalue weighted by molar-refractivity contribution is 8.18. The summed E-state index contributed by atoms with van der Waals surface area (Å²) in [5, 5.41) is 1.46. The third-order valence-electron chi connectivity index (χ3n) is 4.26. The van der Waals surface area contributed by atoms with Crippen molar-refractivity contribution in [2.24, 2.45) is 4.99 Å². The van der Waals surface area contributed by atoms with Crippen molar-refractivity contribution >= 4 is 51.5 Å². The molecule has 0 N–H and O–H groups in total. The van der Waals surface area contributed by atoms with Crippen LogP contribution < -0.4 is 0 Å². The fourth-order valence-electron chi connectivity index (χ4n) is 3.00. The number of carbonyl (C=O) groups is 2. The number of amides is 2. The lowest BCUT2D eigenvalue weighted by Gasteiger charge is -2.16. The van der Waals surface area contributed by atoms with Gasteiger partial charge in [0.2, 0.25) is 0 Å². The molecule has 3 heterocycles. The number of nitrogens with zero attached hydrogens (tertiary/aromatic N) is 2. The van der Waals surface area contributed by atoms with E-state index in [0.29, 0.717) is 15.8 Å². The van der Waals surface area contributed by atoms with Crippen LogP contribution in [-0.4, -0.2) is 27.1 Å². The molecule has 2 aromatic rings. The van der Waals surface area contributed by atoms with Crippen molar-refractivity contribution in [2.75, 3.05) is 0 Å². The average molecular weight is 399 g/mol. The van der Waals surface area contributed by atoms with Crippen LogP contribution in [0.1, 0.15) is 30.7 Å². The van der Waals surface area contributed by atoms with Gasteiger partial charge in [-0.2, -0.15) is 0 Å². The molecule has 0 spiro atoms. The molecule has 138 valence electrons. The van der Waals surface area contributed by atoms with Gasteiger partial charge in [-0.25, -0.2) is 4.99 Å². The van der Waals surface area contributed by atoms with Crippen LogP contribution in [0.3, 0.4) is 0 Å². The Labute approximate surface area is 165 Å². The highest BCUT2D eigenvalue weighted by Crippen LogP contribution is 2.36. The van der Waals surface area contributed by atoms with E-state index in [9.17, 15) is 9.59 Å². The topological polar surface area (TPSA) is 62.9 Å². The number of benzene rings is 1. The van der Waals surface area contributed by atoms with Gasteiger partial charge in [0.25, 0.3) is 11.1 Å². The van der Waals surface area contributed by atoms with Crippen LogP contribution >= 0.6 is 23.5 Å². The van der Waals surface area contributed by atoms with Gasteiger partial charge in [-0.05, 0) is 68.1 Å². The third kappa shape index (κ3) is 3.61. The number of carbonyl (C=O) groups excluding carboxylic acids is 2. The molecule has 2 aliphatic rings. The second-order valence-corrected chi connectivity index (χ2v) is 8.79. The molecule has 1 saturated heterocycles. The summed E-state index contributed by atoms with van der Waals surface area (Å²) in [5.74, 6) is 0.287. The molecule has 1 aromatic heterocycles. The Morgan fingerprint density at radius 1 is 1.26 bits per heavy atom. The minimum atomic E-state index is -0.267. The van der Waals surface area contributed by atoms with E-state index in [0.717, 1.165) is 28.9 Å². The Bertz CT molecular complexity index is 1000. The Morgan fingerprint density at radius 2 is 2.07 bits per heavy atom. The van der Waals surface area contributed by atoms with E-state index in [1.54, 1.807) is 12.1 Å². The van der Waals surface area contributed by atoms with Crippen molar-refractivity contribution in [1.82, 2.24) is 4.90 Å². The van der Waals surface area contributed by atoms with Crippen LogP contribution in [0.5, 0.6) is 0 Å². The zero-order valence-corrected chi connectivity index (χ0v) is 16.8. The maximum Gasteiger partial charge on any atom is 0.293 e. The lowest BCUT2D eigenvalue weighted by Crippen LogP contribution is -2.34. The van der Waals surface area contributed by atoms with Crippen LogP contribution in [0.2, 0.25) is 0 Å². The first kappa shape index (κ1) is 18.1. The first-order valence-corrected chi connectivity index (χ1v) is 10.3. The Balaban J connectivity index is 1.47. The number of furan rings is 1. The number of hydrogen-bond acceptors (Lipinski definition) is 6. The number of hydrogen-bond donors (Lipinski definition) is 0. The van der Waals surface area contributed by atoms with Gasteiger partial charge in [-0.1, -0.05) is 17.7 Å². The van der Waals surface area contributed by atoms with Crippen LogP contribution in [0.25, 0.3) is 6.08 Å². The van der Waals surface area contributed by atoms with Gasteiger partial charge >= 0.3 is 0 Å². The lowest BCUT2D eigenvalue weighted by molar-refractivity contribution is -0.123. The fourth-order valence-corrected chi connectivity index (χ4v) is 4.82. The summed E-state index contributed by atoms with van der Waals surface area (Å²) in [6, 6.07) is 9.77. The second kappa shape index (κ2) is 7.05. The Kier molecular flexibility index (Phi) is 4.74. The highest BCUT2D eigenvalue weighted by Gasteiger charge is 2.36. The zero-order chi connectivity index (χ0) is 19.1. The van der Waals surface area contributed by atoms with Gasteiger partial charge in [0.05, 0.1) is 15.6 Å². The first-order valence-electron chi connectivity index (χ1n) is 8.62. The summed E-state index contributed by atoms with van der Waals surface area (Å²) in [4.78, 5) is 30.6. The molecule has 1 fully saturated rings. The second-order valence-electron chi connectivity index (χ2n) is 6.72. The summed E-state index contributed by atoms with van der Waals surface area (Å²) < 4.78 is 5.82. The summed E-state index contributed by atoms with van der Waals surface area (Å²) in [5.41, 5.74) is 3.47. The van der Waals surface area contributed by atoms with Crippen LogP contribution in [0, 0.1) is 6.92 Å². The summed E-state index contributed by atoms with van der Waals surface area (Å²) in [6.45, 7) is 5.72. The van der Waals surface area contributed by atoms with Gasteiger partial charge < -0.3 is 4.42 Å². The van der Waals surface area contributed by atoms with E-state index in [1.165, 1.54) is 27.8 Å². The van der Waals surface area contributed by atoms with E-state index in [4.69, 9.17) is 4.42 Å². The van der Waals surface area contributed by atoms with Crippen molar-refractivity contribution in [3.8, 4) is 0 Å². The van der Waals surface area contributed by atoms with E-state index in [2.05, 4.69) is 24.0 Å². The van der Waals surface area contributed by atoms with Crippen molar-refractivity contribution in [3.63, 3.8) is 0 Å². The van der Waals surface area contributed by atoms with Crippen molar-refractivity contribution in [3.05, 3.63) is 52.1 Å². The summed E-state index contributed by atoms with van der Waals surface area (Å²) >= 11 is 2.43. The number of aliphatic imine (C=N–C) groups is 1. The van der Waals surface area contributed by atoms with Gasteiger partial charge in [-0.15, -0.1) is 0 Å². The largest absolute Gasteiger partial charge is 0.450 e. The van der Waals surface area contributed by atoms with Crippen LogP contribution in [-0.2, 0) is 11.2 Å². The molecule has 27 heavy (non-hydrogen) atoms. The zero-order valence-electron chi connectivity index (χ0n) is 15.2. The van der Waals surface area contributed by atoms with E-state index in [1.807, 2.05) is 26.0 Å². The average Bonchev–Trinajstić information content (AvgIpc) is 3.26. The molecule has 5 nitrogen and oxygen atoms in total. The predicted octanol–water partition coefficient (Wildman–Crippen LogP) is 5.41. The molecular weight excluding hydrogens is 380 g/mol. The first-order chi connectivity index (χ1) is 12.9. The molecule has 2 amide bonds. The molecule has 0 atom stereocenters. The number of imide groups is 1. The Hall–Kier alpha value is -2.25. The fraction of sp³-hybridized carbons (Fsp3) is 0.250. The van der Waals surface area contributed by atoms with E-state index in [-0.39, 0.29) is 17.2 Å². The van der Waals surface area contributed by atoms with Crippen molar-refractivity contribution in [1.29, 1.82) is 0 Å². The van der Waals surface area contributed by atoms with Gasteiger partial charge in [0.15, 0.2) is 5.09 Å². The number of aryl methyl sites for hydroxylation is 1. The molecule has 0 bridgehead atoms. The standard InChI is InChI=1S/C20H18N2O3S2/c1-11(2)22-19(23)16(26-20(22)24)10-14-5-7-18(25-14)27-17-9-13-8-12(3)4-6-15(13)21-17/h4-8,10-11H,9H2,1-3H3/b16-10-. The summed E-state index contributed by atoms with van der Waals surface area (Å²) in [7, 11) is 0. The highest BCUT2D eigenvalue weighted by atomic mass is 32.2. The quantitative estimate of drug-likeness (QED) is 0.647. The number of thioether (sulfide) groups is 2.